The van der Waals surface area contributed by atoms with Gasteiger partial charge in [0, 0.05) is 11.4 Å². The van der Waals surface area contributed by atoms with Gasteiger partial charge in [-0.2, -0.15) is 0 Å². The summed E-state index contributed by atoms with van der Waals surface area (Å²) in [6.07, 6.45) is 7.69. The summed E-state index contributed by atoms with van der Waals surface area (Å²) in [6, 6.07) is 7.22. The van der Waals surface area contributed by atoms with Gasteiger partial charge < -0.3 is 10.1 Å². The van der Waals surface area contributed by atoms with Gasteiger partial charge in [-0.3, -0.25) is 4.90 Å². The third-order valence-electron chi connectivity index (χ3n) is 5.66. The second kappa shape index (κ2) is 10.2. The number of ether oxygens (including phenoxy) is 1. The molecule has 0 spiro atoms. The molecule has 2 unspecified atom stereocenters. The quantitative estimate of drug-likeness (QED) is 0.674. The predicted molar refractivity (Wildman–Crippen MR) is 115 cm³/mol. The summed E-state index contributed by atoms with van der Waals surface area (Å²) in [5.74, 6) is 0.798. The maximum atomic E-state index is 13.2. The first-order valence-corrected chi connectivity index (χ1v) is 11.7. The molecule has 0 bridgehead atoms. The van der Waals surface area contributed by atoms with Crippen molar-refractivity contribution in [2.24, 2.45) is 5.92 Å². The Labute approximate surface area is 172 Å². The number of nitrogens with zero attached hydrogens (tertiary/aromatic N) is 1. The number of thioether (sulfide) groups is 1. The summed E-state index contributed by atoms with van der Waals surface area (Å²) in [7, 11) is 0. The zero-order valence-corrected chi connectivity index (χ0v) is 17.8. The van der Waals surface area contributed by atoms with Crippen molar-refractivity contribution in [1.82, 2.24) is 4.90 Å². The zero-order valence-electron chi connectivity index (χ0n) is 17.0. The maximum absolute atomic E-state index is 13.2. The molecule has 2 aliphatic rings. The summed E-state index contributed by atoms with van der Waals surface area (Å²) < 4.78 is 5.40. The van der Waals surface area contributed by atoms with Gasteiger partial charge in [-0.25, -0.2) is 9.59 Å². The van der Waals surface area contributed by atoms with Crippen LogP contribution in [0.15, 0.2) is 24.3 Å². The van der Waals surface area contributed by atoms with Crippen LogP contribution in [-0.2, 0) is 16.0 Å². The van der Waals surface area contributed by atoms with Crippen LogP contribution in [0.5, 0.6) is 0 Å². The van der Waals surface area contributed by atoms with E-state index in [4.69, 9.17) is 4.74 Å². The number of benzene rings is 1. The van der Waals surface area contributed by atoms with Gasteiger partial charge in [-0.1, -0.05) is 45.2 Å². The summed E-state index contributed by atoms with van der Waals surface area (Å²) in [4.78, 5) is 27.6. The molecule has 2 amide bonds. The number of amides is 2. The van der Waals surface area contributed by atoms with E-state index < -0.39 is 6.04 Å². The van der Waals surface area contributed by atoms with Crippen LogP contribution in [0.4, 0.5) is 10.5 Å². The molecule has 6 heteroatoms. The predicted octanol–water partition coefficient (Wildman–Crippen LogP) is 5.06. The average molecular weight is 405 g/mol. The zero-order chi connectivity index (χ0) is 19.9. The molecule has 1 aliphatic heterocycles. The Morgan fingerprint density at radius 2 is 1.86 bits per heavy atom. The summed E-state index contributed by atoms with van der Waals surface area (Å²) in [5, 5.41) is 3.06. The minimum Gasteiger partial charge on any atom is -0.464 e. The largest absolute Gasteiger partial charge is 0.464 e. The van der Waals surface area contributed by atoms with Crippen LogP contribution in [0.2, 0.25) is 0 Å². The van der Waals surface area contributed by atoms with Gasteiger partial charge >= 0.3 is 12.0 Å². The molecule has 0 aromatic heterocycles. The third-order valence-corrected chi connectivity index (χ3v) is 7.12. The van der Waals surface area contributed by atoms with Gasteiger partial charge in [0.25, 0.3) is 0 Å². The maximum Gasteiger partial charge on any atom is 0.329 e. The number of hydrogen-bond donors (Lipinski definition) is 1. The van der Waals surface area contributed by atoms with Gasteiger partial charge in [0.15, 0.2) is 0 Å². The van der Waals surface area contributed by atoms with Crippen molar-refractivity contribution in [3.63, 3.8) is 0 Å². The molecule has 0 radical (unpaired) electrons. The number of esters is 1. The second-order valence-corrected chi connectivity index (χ2v) is 8.84. The van der Waals surface area contributed by atoms with E-state index in [0.717, 1.165) is 31.4 Å². The van der Waals surface area contributed by atoms with Gasteiger partial charge in [0.2, 0.25) is 0 Å². The van der Waals surface area contributed by atoms with Gasteiger partial charge in [0.1, 0.15) is 6.04 Å². The van der Waals surface area contributed by atoms with E-state index in [1.807, 2.05) is 31.2 Å². The molecule has 154 valence electrons. The molecule has 1 heterocycles. The molecular weight excluding hydrogens is 372 g/mol. The Morgan fingerprint density at radius 3 is 2.50 bits per heavy atom. The molecule has 28 heavy (non-hydrogen) atoms. The lowest BCUT2D eigenvalue weighted by Gasteiger charge is -2.35. The standard InChI is InChI=1S/C22H32N2O3S/c1-3-14-27-21(25)19-15-28-20(17-8-6-5-7-9-17)24(19)22(26)23-18-12-10-16(4-2)11-13-18/h10-13,17,19-20H,3-9,14-15H2,1-2H3,(H,23,26). The highest BCUT2D eigenvalue weighted by molar-refractivity contribution is 8.00. The Hall–Kier alpha value is -1.69. The number of urea groups is 1. The second-order valence-electron chi connectivity index (χ2n) is 7.69. The Balaban J connectivity index is 1.75. The first-order chi connectivity index (χ1) is 13.6. The highest BCUT2D eigenvalue weighted by Crippen LogP contribution is 2.41. The molecule has 5 nitrogen and oxygen atoms in total. The van der Waals surface area contributed by atoms with Crippen molar-refractivity contribution in [2.75, 3.05) is 17.7 Å². The Bertz CT molecular complexity index is 658. The van der Waals surface area contributed by atoms with Gasteiger partial charge in [-0.05, 0) is 49.3 Å². The minimum atomic E-state index is -0.501. The van der Waals surface area contributed by atoms with Crippen molar-refractivity contribution in [2.45, 2.75) is 70.2 Å². The lowest BCUT2D eigenvalue weighted by molar-refractivity contribution is -0.148. The highest BCUT2D eigenvalue weighted by Gasteiger charge is 2.45. The van der Waals surface area contributed by atoms with Gasteiger partial charge in [0.05, 0.1) is 12.0 Å². The first-order valence-electron chi connectivity index (χ1n) is 10.6. The van der Waals surface area contributed by atoms with E-state index in [1.54, 1.807) is 16.7 Å². The van der Waals surface area contributed by atoms with Crippen LogP contribution in [0.3, 0.4) is 0 Å². The van der Waals surface area contributed by atoms with E-state index in [0.29, 0.717) is 18.3 Å². The smallest absolute Gasteiger partial charge is 0.329 e. The molecule has 1 aromatic rings. The monoisotopic (exact) mass is 404 g/mol. The fourth-order valence-electron chi connectivity index (χ4n) is 4.06. The molecule has 2 fully saturated rings. The van der Waals surface area contributed by atoms with Crippen molar-refractivity contribution in [3.05, 3.63) is 29.8 Å². The number of nitrogens with one attached hydrogen (secondary N) is 1. The summed E-state index contributed by atoms with van der Waals surface area (Å²) in [5.41, 5.74) is 2.00. The number of carbonyl (C=O) groups excluding carboxylic acids is 2. The lowest BCUT2D eigenvalue weighted by Crippen LogP contribution is -2.50. The SMILES string of the molecule is CCCOC(=O)C1CSC(C2CCCCC2)N1C(=O)Nc1ccc(CC)cc1. The van der Waals surface area contributed by atoms with Crippen molar-refractivity contribution < 1.29 is 14.3 Å². The Morgan fingerprint density at radius 1 is 1.14 bits per heavy atom. The first kappa shape index (κ1) is 21.0. The van der Waals surface area contributed by atoms with Crippen LogP contribution in [0.25, 0.3) is 0 Å². The van der Waals surface area contributed by atoms with Crippen LogP contribution in [0.1, 0.15) is 57.9 Å². The minimum absolute atomic E-state index is 0.0504. The normalized spacial score (nSPS) is 22.9. The van der Waals surface area contributed by atoms with Gasteiger partial charge in [-0.15, -0.1) is 11.8 Å². The fourth-order valence-corrected chi connectivity index (χ4v) is 5.68. The van der Waals surface area contributed by atoms with Crippen LogP contribution < -0.4 is 5.32 Å². The molecule has 2 atom stereocenters. The molecule has 1 saturated carbocycles. The van der Waals surface area contributed by atoms with E-state index in [2.05, 4.69) is 12.2 Å². The molecule has 1 saturated heterocycles. The topological polar surface area (TPSA) is 58.6 Å². The van der Waals surface area contributed by atoms with E-state index >= 15 is 0 Å². The molecule has 1 aromatic carbocycles. The number of anilines is 1. The molecule has 1 N–H and O–H groups in total. The van der Waals surface area contributed by atoms with Crippen LogP contribution >= 0.6 is 11.8 Å². The number of hydrogen-bond acceptors (Lipinski definition) is 4. The fraction of sp³-hybridized carbons (Fsp3) is 0.636. The lowest BCUT2D eigenvalue weighted by atomic mass is 9.88. The Kier molecular flexibility index (Phi) is 7.65. The highest BCUT2D eigenvalue weighted by atomic mass is 32.2. The van der Waals surface area contributed by atoms with E-state index in [-0.39, 0.29) is 17.4 Å². The third kappa shape index (κ3) is 5.02. The molecule has 3 rings (SSSR count). The number of aryl methyl sites for hydroxylation is 1. The summed E-state index contributed by atoms with van der Waals surface area (Å²) in [6.45, 7) is 4.49. The van der Waals surface area contributed by atoms with Crippen LogP contribution in [-0.4, -0.2) is 40.7 Å². The number of carbonyl (C=O) groups is 2. The summed E-state index contributed by atoms with van der Waals surface area (Å²) >= 11 is 1.74. The van der Waals surface area contributed by atoms with Crippen LogP contribution in [0, 0.1) is 5.92 Å². The van der Waals surface area contributed by atoms with Crippen molar-refractivity contribution in [1.29, 1.82) is 0 Å². The van der Waals surface area contributed by atoms with Crippen molar-refractivity contribution in [3.8, 4) is 0 Å². The average Bonchev–Trinajstić information content (AvgIpc) is 3.18. The van der Waals surface area contributed by atoms with E-state index in [9.17, 15) is 9.59 Å². The van der Waals surface area contributed by atoms with E-state index in [1.165, 1.54) is 24.8 Å². The van der Waals surface area contributed by atoms with Crippen molar-refractivity contribution >= 4 is 29.4 Å². The molecule has 1 aliphatic carbocycles. The number of rotatable bonds is 6. The molecular formula is C22H32N2O3S.